The first-order valence-corrected chi connectivity index (χ1v) is 12.5. The number of hydrogen-bond donors (Lipinski definition) is 4. The van der Waals surface area contributed by atoms with Crippen LogP contribution in [0, 0.1) is 11.8 Å². The lowest BCUT2D eigenvalue weighted by molar-refractivity contribution is -0.111. The van der Waals surface area contributed by atoms with Gasteiger partial charge in [0.05, 0.1) is 31.1 Å². The van der Waals surface area contributed by atoms with Crippen LogP contribution in [0.25, 0.3) is 5.65 Å². The summed E-state index contributed by atoms with van der Waals surface area (Å²) in [6.07, 6.45) is 2.56. The summed E-state index contributed by atoms with van der Waals surface area (Å²) >= 11 is 0. The van der Waals surface area contributed by atoms with E-state index in [1.807, 2.05) is 18.0 Å². The van der Waals surface area contributed by atoms with Crippen molar-refractivity contribution in [3.63, 3.8) is 0 Å². The molecule has 204 valence electrons. The van der Waals surface area contributed by atoms with Gasteiger partial charge in [-0.05, 0) is 55.8 Å². The van der Waals surface area contributed by atoms with Gasteiger partial charge in [-0.3, -0.25) is 14.0 Å². The molecule has 0 saturated carbocycles. The van der Waals surface area contributed by atoms with Crippen molar-refractivity contribution in [2.45, 2.75) is 18.6 Å². The predicted molar refractivity (Wildman–Crippen MR) is 150 cm³/mol. The molecule has 11 heteroatoms. The number of aromatic nitrogens is 2. The molecule has 1 aromatic carbocycles. The third kappa shape index (κ3) is 6.30. The number of nitrogens with one attached hydrogen (secondary N) is 4. The number of amides is 2. The summed E-state index contributed by atoms with van der Waals surface area (Å²) < 4.78 is 21.8. The molecule has 1 aliphatic heterocycles. The van der Waals surface area contributed by atoms with E-state index < -0.39 is 12.1 Å². The van der Waals surface area contributed by atoms with Crippen LogP contribution in [-0.2, 0) is 4.79 Å². The number of carbonyl (C=O) groups excluding carboxylic acids is 2. The maximum Gasteiger partial charge on any atom is 0.251 e. The summed E-state index contributed by atoms with van der Waals surface area (Å²) in [6, 6.07) is 8.35. The highest BCUT2D eigenvalue weighted by molar-refractivity contribution is 5.99. The molecule has 1 fully saturated rings. The van der Waals surface area contributed by atoms with Gasteiger partial charge in [0.2, 0.25) is 5.91 Å². The number of anilines is 3. The second-order valence-electron chi connectivity index (χ2n) is 9.09. The third-order valence-corrected chi connectivity index (χ3v) is 6.43. The minimum atomic E-state index is -1.02. The van der Waals surface area contributed by atoms with Crippen LogP contribution in [-0.4, -0.2) is 79.2 Å². The van der Waals surface area contributed by atoms with E-state index in [1.165, 1.54) is 13.2 Å². The number of fused-ring (bicyclic) bond motifs is 1. The Morgan fingerprint density at radius 1 is 1.31 bits per heavy atom. The standard InChI is InChI=1S/C28H32FN7O3/c1-5-25(37)34-27-23(8-6-13-31-21-11-10-18(28(38)30-2)16-24(21)39-4)33-26-22(9-7-14-36(26)27)32-20-12-15-35(3)17-19(20)29/h5,7,9-11,14,16,19-20,31-32H,1,12-13,15,17H2,2-4H3,(H,30,38)(H,34,37)/t19-,20+/m0/s1. The number of rotatable bonds is 8. The number of methoxy groups -OCH3 is 1. The van der Waals surface area contributed by atoms with Crippen molar-refractivity contribution in [2.24, 2.45) is 0 Å². The fraction of sp³-hybridized carbons (Fsp3) is 0.321. The fourth-order valence-electron chi connectivity index (χ4n) is 4.36. The van der Waals surface area contributed by atoms with Crippen molar-refractivity contribution in [2.75, 3.05) is 56.8 Å². The lowest BCUT2D eigenvalue weighted by Crippen LogP contribution is -2.46. The van der Waals surface area contributed by atoms with Crippen LogP contribution >= 0.6 is 0 Å². The number of piperidine rings is 1. The molecular weight excluding hydrogens is 501 g/mol. The summed E-state index contributed by atoms with van der Waals surface area (Å²) in [6.45, 7) is 4.92. The third-order valence-electron chi connectivity index (χ3n) is 6.43. The highest BCUT2D eigenvalue weighted by Crippen LogP contribution is 2.27. The van der Waals surface area contributed by atoms with E-state index in [0.29, 0.717) is 52.8 Å². The second kappa shape index (κ2) is 12.3. The largest absolute Gasteiger partial charge is 0.495 e. The van der Waals surface area contributed by atoms with E-state index >= 15 is 0 Å². The summed E-state index contributed by atoms with van der Waals surface area (Å²) in [4.78, 5) is 30.7. The molecule has 10 nitrogen and oxygen atoms in total. The molecule has 0 bridgehead atoms. The lowest BCUT2D eigenvalue weighted by atomic mass is 10.0. The highest BCUT2D eigenvalue weighted by Gasteiger charge is 2.28. The zero-order chi connectivity index (χ0) is 27.9. The van der Waals surface area contributed by atoms with E-state index in [0.717, 1.165) is 6.54 Å². The number of imidazole rings is 1. The Hall–Kier alpha value is -4.56. The number of ether oxygens (including phenoxy) is 1. The molecule has 39 heavy (non-hydrogen) atoms. The van der Waals surface area contributed by atoms with Crippen molar-refractivity contribution in [3.05, 3.63) is 60.4 Å². The fourth-order valence-corrected chi connectivity index (χ4v) is 4.36. The van der Waals surface area contributed by atoms with E-state index in [-0.39, 0.29) is 18.5 Å². The van der Waals surface area contributed by atoms with Crippen LogP contribution < -0.4 is 26.0 Å². The molecule has 0 unspecified atom stereocenters. The van der Waals surface area contributed by atoms with E-state index in [1.54, 1.807) is 41.9 Å². The first kappa shape index (κ1) is 27.5. The van der Waals surface area contributed by atoms with Crippen LogP contribution in [0.3, 0.4) is 0 Å². The molecule has 0 spiro atoms. The van der Waals surface area contributed by atoms with E-state index in [2.05, 4.69) is 44.7 Å². The first-order valence-electron chi connectivity index (χ1n) is 12.5. The summed E-state index contributed by atoms with van der Waals surface area (Å²) in [5.41, 5.74) is 2.66. The van der Waals surface area contributed by atoms with E-state index in [9.17, 15) is 14.0 Å². The molecule has 3 heterocycles. The zero-order valence-electron chi connectivity index (χ0n) is 22.2. The molecular formula is C28H32FN7O3. The Bertz CT molecular complexity index is 1440. The molecule has 2 atom stereocenters. The van der Waals surface area contributed by atoms with Gasteiger partial charge >= 0.3 is 0 Å². The van der Waals surface area contributed by atoms with Gasteiger partial charge in [0, 0.05) is 31.9 Å². The minimum absolute atomic E-state index is 0.215. The lowest BCUT2D eigenvalue weighted by Gasteiger charge is -2.33. The Balaban J connectivity index is 1.59. The molecule has 3 aromatic rings. The summed E-state index contributed by atoms with van der Waals surface area (Å²) in [7, 11) is 4.99. The van der Waals surface area contributed by atoms with Crippen LogP contribution in [0.1, 0.15) is 22.5 Å². The molecule has 4 rings (SSSR count). The van der Waals surface area contributed by atoms with Crippen LogP contribution in [0.2, 0.25) is 0 Å². The smallest absolute Gasteiger partial charge is 0.251 e. The number of nitrogens with zero attached hydrogens (tertiary/aromatic N) is 3. The molecule has 0 aliphatic carbocycles. The van der Waals surface area contributed by atoms with Crippen LogP contribution in [0.5, 0.6) is 5.75 Å². The molecule has 2 aromatic heterocycles. The SMILES string of the molecule is C=CC(=O)Nc1c(C#CCNc2ccc(C(=O)NC)cc2OC)nc2c(N[C@@H]3CCN(C)C[C@@H]3F)cccn12. The van der Waals surface area contributed by atoms with Crippen LogP contribution in [0.4, 0.5) is 21.6 Å². The van der Waals surface area contributed by atoms with Crippen molar-refractivity contribution >= 4 is 34.7 Å². The maximum atomic E-state index is 14.7. The Labute approximate surface area is 226 Å². The highest BCUT2D eigenvalue weighted by atomic mass is 19.1. The Kier molecular flexibility index (Phi) is 8.68. The quantitative estimate of drug-likeness (QED) is 0.260. The van der Waals surface area contributed by atoms with Gasteiger partial charge in [-0.2, -0.15) is 0 Å². The molecule has 4 N–H and O–H groups in total. The predicted octanol–water partition coefficient (Wildman–Crippen LogP) is 2.74. The number of benzene rings is 1. The van der Waals surface area contributed by atoms with Crippen molar-refractivity contribution in [1.82, 2.24) is 19.6 Å². The van der Waals surface area contributed by atoms with Gasteiger partial charge in [-0.25, -0.2) is 9.37 Å². The molecule has 2 amide bonds. The minimum Gasteiger partial charge on any atom is -0.495 e. The van der Waals surface area contributed by atoms with Gasteiger partial charge in [0.15, 0.2) is 17.2 Å². The molecule has 1 aliphatic rings. The van der Waals surface area contributed by atoms with E-state index in [4.69, 9.17) is 4.74 Å². The average Bonchev–Trinajstić information content (AvgIpc) is 3.29. The summed E-state index contributed by atoms with van der Waals surface area (Å²) in [5.74, 6) is 6.30. The Morgan fingerprint density at radius 3 is 2.85 bits per heavy atom. The number of halogens is 1. The number of likely N-dealkylation sites (tertiary alicyclic amines) is 1. The van der Waals surface area contributed by atoms with Gasteiger partial charge < -0.3 is 30.9 Å². The molecule has 1 saturated heterocycles. The number of carbonyl (C=O) groups is 2. The monoisotopic (exact) mass is 533 g/mol. The number of alkyl halides is 1. The van der Waals surface area contributed by atoms with Gasteiger partial charge in [-0.1, -0.05) is 12.5 Å². The average molecular weight is 534 g/mol. The van der Waals surface area contributed by atoms with Crippen molar-refractivity contribution < 1.29 is 18.7 Å². The van der Waals surface area contributed by atoms with Gasteiger partial charge in [0.1, 0.15) is 11.9 Å². The molecule has 0 radical (unpaired) electrons. The topological polar surface area (TPSA) is 112 Å². The second-order valence-corrected chi connectivity index (χ2v) is 9.09. The summed E-state index contributed by atoms with van der Waals surface area (Å²) in [5, 5.41) is 11.8. The van der Waals surface area contributed by atoms with Crippen molar-refractivity contribution in [3.8, 4) is 17.6 Å². The normalized spacial score (nSPS) is 17.0. The van der Waals surface area contributed by atoms with Gasteiger partial charge in [-0.15, -0.1) is 0 Å². The number of hydrogen-bond acceptors (Lipinski definition) is 7. The first-order chi connectivity index (χ1) is 18.8. The number of pyridine rings is 1. The van der Waals surface area contributed by atoms with Gasteiger partial charge in [0.25, 0.3) is 5.91 Å². The maximum absolute atomic E-state index is 14.7. The zero-order valence-corrected chi connectivity index (χ0v) is 22.2. The Morgan fingerprint density at radius 2 is 2.13 bits per heavy atom. The van der Waals surface area contributed by atoms with Crippen molar-refractivity contribution in [1.29, 1.82) is 0 Å². The van der Waals surface area contributed by atoms with Crippen LogP contribution in [0.15, 0.2) is 49.2 Å².